The lowest BCUT2D eigenvalue weighted by molar-refractivity contribution is -0.138. The molecule has 1 saturated carbocycles. The summed E-state index contributed by atoms with van der Waals surface area (Å²) in [6.07, 6.45) is 1.83. The van der Waals surface area contributed by atoms with Crippen molar-refractivity contribution in [3.8, 4) is 0 Å². The molecule has 90 valence electrons. The van der Waals surface area contributed by atoms with E-state index >= 15 is 0 Å². The smallest absolute Gasteiger partial charge is 0.323 e. The molecule has 0 heterocycles. The van der Waals surface area contributed by atoms with Gasteiger partial charge in [0.2, 0.25) is 5.91 Å². The number of amides is 3. The van der Waals surface area contributed by atoms with Gasteiger partial charge in [-0.05, 0) is 18.8 Å². The summed E-state index contributed by atoms with van der Waals surface area (Å²) < 4.78 is 0. The highest BCUT2D eigenvalue weighted by Gasteiger charge is 2.25. The van der Waals surface area contributed by atoms with Crippen molar-refractivity contribution in [3.63, 3.8) is 0 Å². The maximum absolute atomic E-state index is 11.4. The summed E-state index contributed by atoms with van der Waals surface area (Å²) in [5.41, 5.74) is 0. The van der Waals surface area contributed by atoms with E-state index in [1.54, 1.807) is 7.05 Å². The summed E-state index contributed by atoms with van der Waals surface area (Å²) in [5, 5.41) is 10.5. The molecule has 16 heavy (non-hydrogen) atoms. The Morgan fingerprint density at radius 1 is 1.31 bits per heavy atom. The lowest BCUT2D eigenvalue weighted by Crippen LogP contribution is -2.41. The van der Waals surface area contributed by atoms with E-state index in [2.05, 4.69) is 5.32 Å². The molecule has 6 heteroatoms. The second kappa shape index (κ2) is 5.48. The second-order valence-corrected chi connectivity index (χ2v) is 4.07. The summed E-state index contributed by atoms with van der Waals surface area (Å²) in [6, 6.07) is -0.456. The number of urea groups is 1. The Hall–Kier alpha value is -1.59. The average molecular weight is 228 g/mol. The van der Waals surface area contributed by atoms with E-state index in [0.29, 0.717) is 12.5 Å². The molecule has 1 rings (SSSR count). The molecule has 1 aliphatic rings. The zero-order chi connectivity index (χ0) is 12.1. The van der Waals surface area contributed by atoms with Crippen LogP contribution in [0.1, 0.15) is 25.7 Å². The molecule has 1 fully saturated rings. The molecule has 0 aromatic rings. The first kappa shape index (κ1) is 12.5. The Balaban J connectivity index is 2.20. The molecule has 1 aliphatic carbocycles. The van der Waals surface area contributed by atoms with Gasteiger partial charge in [0.05, 0.1) is 6.42 Å². The number of carboxylic acid groups (broad SMARTS) is 1. The largest absolute Gasteiger partial charge is 0.481 e. The molecule has 0 bridgehead atoms. The van der Waals surface area contributed by atoms with Crippen LogP contribution in [0.2, 0.25) is 0 Å². The average Bonchev–Trinajstić information content (AvgIpc) is 2.98. The van der Waals surface area contributed by atoms with Crippen molar-refractivity contribution in [2.75, 3.05) is 13.6 Å². The van der Waals surface area contributed by atoms with Crippen LogP contribution < -0.4 is 5.32 Å². The van der Waals surface area contributed by atoms with Gasteiger partial charge in [-0.3, -0.25) is 14.9 Å². The fourth-order valence-electron chi connectivity index (χ4n) is 1.27. The number of carboxylic acids is 1. The predicted molar refractivity (Wildman–Crippen MR) is 55.8 cm³/mol. The maximum Gasteiger partial charge on any atom is 0.323 e. The zero-order valence-corrected chi connectivity index (χ0v) is 9.23. The topological polar surface area (TPSA) is 86.7 Å². The van der Waals surface area contributed by atoms with Crippen molar-refractivity contribution in [3.05, 3.63) is 0 Å². The Bertz CT molecular complexity index is 299. The Kier molecular flexibility index (Phi) is 4.28. The van der Waals surface area contributed by atoms with Crippen LogP contribution in [0.15, 0.2) is 0 Å². The maximum atomic E-state index is 11.4. The SMILES string of the molecule is CN(CC1CC1)C(=O)NC(=O)CCC(=O)O. The van der Waals surface area contributed by atoms with Gasteiger partial charge in [-0.1, -0.05) is 0 Å². The fourth-order valence-corrected chi connectivity index (χ4v) is 1.27. The van der Waals surface area contributed by atoms with E-state index in [1.807, 2.05) is 0 Å². The monoisotopic (exact) mass is 228 g/mol. The number of carbonyl (C=O) groups is 3. The second-order valence-electron chi connectivity index (χ2n) is 4.07. The van der Waals surface area contributed by atoms with Crippen LogP contribution in [0.4, 0.5) is 4.79 Å². The summed E-state index contributed by atoms with van der Waals surface area (Å²) in [5.74, 6) is -1.03. The third-order valence-corrected chi connectivity index (χ3v) is 2.39. The van der Waals surface area contributed by atoms with E-state index in [4.69, 9.17) is 5.11 Å². The molecule has 3 amide bonds. The van der Waals surface area contributed by atoms with Gasteiger partial charge in [0.15, 0.2) is 0 Å². The van der Waals surface area contributed by atoms with Gasteiger partial charge in [0.1, 0.15) is 0 Å². The molecule has 0 spiro atoms. The first-order chi connectivity index (χ1) is 7.49. The van der Waals surface area contributed by atoms with Crippen molar-refractivity contribution in [1.29, 1.82) is 0 Å². The van der Waals surface area contributed by atoms with E-state index in [1.165, 1.54) is 4.90 Å². The van der Waals surface area contributed by atoms with E-state index < -0.39 is 17.9 Å². The van der Waals surface area contributed by atoms with Gasteiger partial charge >= 0.3 is 12.0 Å². The summed E-state index contributed by atoms with van der Waals surface area (Å²) >= 11 is 0. The molecule has 0 saturated heterocycles. The minimum atomic E-state index is -1.05. The summed E-state index contributed by atoms with van der Waals surface area (Å²) in [7, 11) is 1.62. The third-order valence-electron chi connectivity index (χ3n) is 2.39. The van der Waals surface area contributed by atoms with Gasteiger partial charge in [-0.25, -0.2) is 4.79 Å². The number of carbonyl (C=O) groups excluding carboxylic acids is 2. The number of aliphatic carboxylic acids is 1. The molecule has 6 nitrogen and oxygen atoms in total. The van der Waals surface area contributed by atoms with E-state index in [0.717, 1.165) is 12.8 Å². The van der Waals surface area contributed by atoms with E-state index in [-0.39, 0.29) is 12.8 Å². The van der Waals surface area contributed by atoms with Gasteiger partial charge in [0, 0.05) is 20.0 Å². The van der Waals surface area contributed by atoms with Crippen LogP contribution in [-0.4, -0.2) is 41.5 Å². The Labute approximate surface area is 93.6 Å². The van der Waals surface area contributed by atoms with Crippen LogP contribution in [0, 0.1) is 5.92 Å². The van der Waals surface area contributed by atoms with Gasteiger partial charge in [-0.2, -0.15) is 0 Å². The number of nitrogens with zero attached hydrogens (tertiary/aromatic N) is 1. The zero-order valence-electron chi connectivity index (χ0n) is 9.23. The predicted octanol–water partition coefficient (Wildman–Crippen LogP) is 0.429. The van der Waals surface area contributed by atoms with Crippen LogP contribution in [0.3, 0.4) is 0 Å². The molecule has 0 atom stereocenters. The quantitative estimate of drug-likeness (QED) is 0.714. The third kappa shape index (κ3) is 4.77. The van der Waals surface area contributed by atoms with Crippen LogP contribution in [-0.2, 0) is 9.59 Å². The number of hydrogen-bond donors (Lipinski definition) is 2. The number of rotatable bonds is 5. The fraction of sp³-hybridized carbons (Fsp3) is 0.700. The molecular formula is C10H16N2O4. The molecule has 0 aromatic carbocycles. The Morgan fingerprint density at radius 3 is 2.44 bits per heavy atom. The van der Waals surface area contributed by atoms with E-state index in [9.17, 15) is 14.4 Å². The highest BCUT2D eigenvalue weighted by atomic mass is 16.4. The first-order valence-corrected chi connectivity index (χ1v) is 5.25. The molecule has 2 N–H and O–H groups in total. The summed E-state index contributed by atoms with van der Waals surface area (Å²) in [4.78, 5) is 34.2. The molecular weight excluding hydrogens is 212 g/mol. The minimum absolute atomic E-state index is 0.168. The van der Waals surface area contributed by atoms with Crippen molar-refractivity contribution in [2.24, 2.45) is 5.92 Å². The van der Waals surface area contributed by atoms with Crippen molar-refractivity contribution >= 4 is 17.9 Å². The van der Waals surface area contributed by atoms with Crippen LogP contribution in [0.25, 0.3) is 0 Å². The Morgan fingerprint density at radius 2 is 1.94 bits per heavy atom. The van der Waals surface area contributed by atoms with Crippen molar-refractivity contribution in [1.82, 2.24) is 10.2 Å². The lowest BCUT2D eigenvalue weighted by atomic mass is 10.3. The standard InChI is InChI=1S/C10H16N2O4/c1-12(6-7-2-3-7)10(16)11-8(13)4-5-9(14)15/h7H,2-6H2,1H3,(H,14,15)(H,11,13,16). The highest BCUT2D eigenvalue weighted by Crippen LogP contribution is 2.29. The van der Waals surface area contributed by atoms with Gasteiger partial charge in [-0.15, -0.1) is 0 Å². The first-order valence-electron chi connectivity index (χ1n) is 5.25. The van der Waals surface area contributed by atoms with Gasteiger partial charge < -0.3 is 10.0 Å². The number of imide groups is 1. The number of hydrogen-bond acceptors (Lipinski definition) is 3. The molecule has 0 aromatic heterocycles. The number of nitrogens with one attached hydrogen (secondary N) is 1. The lowest BCUT2D eigenvalue weighted by Gasteiger charge is -2.16. The highest BCUT2D eigenvalue weighted by molar-refractivity contribution is 5.95. The normalized spacial score (nSPS) is 14.3. The van der Waals surface area contributed by atoms with Crippen LogP contribution >= 0.6 is 0 Å². The van der Waals surface area contributed by atoms with Crippen LogP contribution in [0.5, 0.6) is 0 Å². The van der Waals surface area contributed by atoms with Gasteiger partial charge in [0.25, 0.3) is 0 Å². The minimum Gasteiger partial charge on any atom is -0.481 e. The molecule has 0 radical (unpaired) electrons. The summed E-state index contributed by atoms with van der Waals surface area (Å²) in [6.45, 7) is 0.651. The molecule has 0 aliphatic heterocycles. The molecule has 0 unspecified atom stereocenters. The van der Waals surface area contributed by atoms with Crippen molar-refractivity contribution < 1.29 is 19.5 Å². The van der Waals surface area contributed by atoms with Crippen molar-refractivity contribution in [2.45, 2.75) is 25.7 Å².